The monoisotopic (exact) mass is 238 g/mol. The molecule has 0 amide bonds. The van der Waals surface area contributed by atoms with Crippen molar-refractivity contribution >= 4 is 5.97 Å². The molecule has 4 heteroatoms. The number of rotatable bonds is 5. The molecule has 0 aromatic heterocycles. The van der Waals surface area contributed by atoms with Crippen molar-refractivity contribution in [1.29, 1.82) is 0 Å². The Morgan fingerprint density at radius 1 is 1.29 bits per heavy atom. The number of aliphatic hydroxyl groups excluding tert-OH is 2. The number of hydrogen-bond donors (Lipinski definition) is 2. The highest BCUT2D eigenvalue weighted by molar-refractivity contribution is 5.74. The molecule has 3 atom stereocenters. The molecule has 1 aromatic carbocycles. The number of esters is 1. The lowest BCUT2D eigenvalue weighted by Gasteiger charge is -2.22. The molecule has 2 N–H and O–H groups in total. The first-order chi connectivity index (χ1) is 8.07. The van der Waals surface area contributed by atoms with Crippen molar-refractivity contribution in [3.8, 4) is 0 Å². The molecule has 0 heterocycles. The van der Waals surface area contributed by atoms with E-state index < -0.39 is 24.1 Å². The van der Waals surface area contributed by atoms with Gasteiger partial charge in [-0.1, -0.05) is 37.3 Å². The van der Waals surface area contributed by atoms with Crippen molar-refractivity contribution in [2.45, 2.75) is 26.1 Å². The molecule has 0 unspecified atom stereocenters. The lowest BCUT2D eigenvalue weighted by Crippen LogP contribution is -2.33. The normalized spacial score (nSPS) is 16.0. The van der Waals surface area contributed by atoms with Crippen molar-refractivity contribution in [2.24, 2.45) is 5.92 Å². The lowest BCUT2D eigenvalue weighted by atomic mass is 9.92. The van der Waals surface area contributed by atoms with Gasteiger partial charge in [0.25, 0.3) is 0 Å². The maximum atomic E-state index is 11.3. The highest BCUT2D eigenvalue weighted by atomic mass is 16.5. The van der Waals surface area contributed by atoms with Gasteiger partial charge in [-0.3, -0.25) is 0 Å². The third kappa shape index (κ3) is 3.54. The van der Waals surface area contributed by atoms with Crippen LogP contribution in [0.5, 0.6) is 0 Å². The van der Waals surface area contributed by atoms with Gasteiger partial charge in [0.2, 0.25) is 0 Å². The van der Waals surface area contributed by atoms with Crippen molar-refractivity contribution in [3.63, 3.8) is 0 Å². The average molecular weight is 238 g/mol. The summed E-state index contributed by atoms with van der Waals surface area (Å²) >= 11 is 0. The summed E-state index contributed by atoms with van der Waals surface area (Å²) in [6.07, 6.45) is -2.21. The van der Waals surface area contributed by atoms with Crippen LogP contribution in [0.2, 0.25) is 0 Å². The molecule has 4 nitrogen and oxygen atoms in total. The Morgan fingerprint density at radius 3 is 2.41 bits per heavy atom. The first-order valence-electron chi connectivity index (χ1n) is 5.65. The van der Waals surface area contributed by atoms with Gasteiger partial charge in [0, 0.05) is 5.92 Å². The fraction of sp³-hybridized carbons (Fsp3) is 0.462. The molecule has 1 aromatic rings. The minimum absolute atomic E-state index is 0.212. The Hall–Kier alpha value is -1.39. The molecule has 94 valence electrons. The van der Waals surface area contributed by atoms with Crippen LogP contribution in [0.15, 0.2) is 30.3 Å². The molecular weight excluding hydrogens is 220 g/mol. The van der Waals surface area contributed by atoms with Crippen LogP contribution in [0.4, 0.5) is 0 Å². The van der Waals surface area contributed by atoms with Crippen molar-refractivity contribution in [2.75, 3.05) is 6.61 Å². The standard InChI is InChI=1S/C13H18O4/c1-3-17-13(16)12(15)9(2)11(14)10-7-5-4-6-8-10/h4-9,11-12,14-15H,3H2,1-2H3/t9-,11-,12-/m1/s1. The Bertz CT molecular complexity index is 350. The van der Waals surface area contributed by atoms with Gasteiger partial charge in [0.1, 0.15) is 0 Å². The van der Waals surface area contributed by atoms with E-state index in [1.165, 1.54) is 0 Å². The Morgan fingerprint density at radius 2 is 1.88 bits per heavy atom. The molecule has 0 aliphatic carbocycles. The van der Waals surface area contributed by atoms with E-state index in [0.29, 0.717) is 5.56 Å². The molecule has 1 rings (SSSR count). The summed E-state index contributed by atoms with van der Waals surface area (Å²) in [7, 11) is 0. The summed E-state index contributed by atoms with van der Waals surface area (Å²) < 4.78 is 4.71. The number of ether oxygens (including phenoxy) is 1. The summed E-state index contributed by atoms with van der Waals surface area (Å²) in [4.78, 5) is 11.3. The van der Waals surface area contributed by atoms with Crippen LogP contribution < -0.4 is 0 Å². The van der Waals surface area contributed by atoms with Crippen molar-refractivity contribution in [3.05, 3.63) is 35.9 Å². The molecule has 0 fully saturated rings. The minimum atomic E-state index is -1.31. The zero-order chi connectivity index (χ0) is 12.8. The first-order valence-corrected chi connectivity index (χ1v) is 5.65. The molecule has 0 bridgehead atoms. The Labute approximate surface area is 101 Å². The number of hydrogen-bond acceptors (Lipinski definition) is 4. The second-order valence-electron chi connectivity index (χ2n) is 3.91. The third-order valence-corrected chi connectivity index (χ3v) is 2.67. The summed E-state index contributed by atoms with van der Waals surface area (Å²) in [6.45, 7) is 3.49. The van der Waals surface area contributed by atoms with Crippen LogP contribution in [0, 0.1) is 5.92 Å². The van der Waals surface area contributed by atoms with Gasteiger partial charge >= 0.3 is 5.97 Å². The number of aliphatic hydroxyl groups is 2. The predicted molar refractivity (Wildman–Crippen MR) is 63.2 cm³/mol. The van der Waals surface area contributed by atoms with Crippen molar-refractivity contribution in [1.82, 2.24) is 0 Å². The van der Waals surface area contributed by atoms with E-state index in [4.69, 9.17) is 4.74 Å². The molecule has 0 aliphatic rings. The Balaban J connectivity index is 2.69. The minimum Gasteiger partial charge on any atom is -0.464 e. The topological polar surface area (TPSA) is 66.8 Å². The summed E-state index contributed by atoms with van der Waals surface area (Å²) in [5.41, 5.74) is 0.670. The van der Waals surface area contributed by atoms with Gasteiger partial charge in [0.05, 0.1) is 12.7 Å². The van der Waals surface area contributed by atoms with E-state index in [1.807, 2.05) is 6.07 Å². The van der Waals surface area contributed by atoms with Gasteiger partial charge in [0.15, 0.2) is 6.10 Å². The molecule has 0 saturated carbocycles. The summed E-state index contributed by atoms with van der Waals surface area (Å²) in [6, 6.07) is 8.92. The number of carbonyl (C=O) groups excluding carboxylic acids is 1. The smallest absolute Gasteiger partial charge is 0.335 e. The molecule has 0 radical (unpaired) electrons. The van der Waals surface area contributed by atoms with Gasteiger partial charge < -0.3 is 14.9 Å². The zero-order valence-electron chi connectivity index (χ0n) is 10.0. The van der Waals surface area contributed by atoms with Gasteiger partial charge in [-0.2, -0.15) is 0 Å². The predicted octanol–water partition coefficient (Wildman–Crippen LogP) is 1.28. The van der Waals surface area contributed by atoms with E-state index in [9.17, 15) is 15.0 Å². The van der Waals surface area contributed by atoms with E-state index in [2.05, 4.69) is 0 Å². The Kier molecular flexibility index (Phi) is 5.12. The largest absolute Gasteiger partial charge is 0.464 e. The summed E-state index contributed by atoms with van der Waals surface area (Å²) in [5, 5.41) is 19.7. The van der Waals surface area contributed by atoms with Crippen LogP contribution in [0.1, 0.15) is 25.5 Å². The molecule has 17 heavy (non-hydrogen) atoms. The molecule has 0 aliphatic heterocycles. The highest BCUT2D eigenvalue weighted by Gasteiger charge is 2.29. The van der Waals surface area contributed by atoms with Crippen LogP contribution >= 0.6 is 0 Å². The molecular formula is C13H18O4. The van der Waals surface area contributed by atoms with Crippen molar-refractivity contribution < 1.29 is 19.7 Å². The van der Waals surface area contributed by atoms with E-state index in [1.54, 1.807) is 38.1 Å². The van der Waals surface area contributed by atoms with Gasteiger partial charge in [-0.05, 0) is 12.5 Å². The van der Waals surface area contributed by atoms with Gasteiger partial charge in [-0.25, -0.2) is 4.79 Å². The van der Waals surface area contributed by atoms with Gasteiger partial charge in [-0.15, -0.1) is 0 Å². The summed E-state index contributed by atoms with van der Waals surface area (Å²) in [5.74, 6) is -1.31. The molecule has 0 spiro atoms. The third-order valence-electron chi connectivity index (χ3n) is 2.67. The molecule has 0 saturated heterocycles. The maximum Gasteiger partial charge on any atom is 0.335 e. The second-order valence-corrected chi connectivity index (χ2v) is 3.91. The SMILES string of the molecule is CCOC(=O)[C@H](O)[C@H](C)[C@@H](O)c1ccccc1. The zero-order valence-corrected chi connectivity index (χ0v) is 10.0. The highest BCUT2D eigenvalue weighted by Crippen LogP contribution is 2.24. The van der Waals surface area contributed by atoms with E-state index >= 15 is 0 Å². The van der Waals surface area contributed by atoms with Crippen LogP contribution in [-0.2, 0) is 9.53 Å². The maximum absolute atomic E-state index is 11.3. The fourth-order valence-electron chi connectivity index (χ4n) is 1.57. The lowest BCUT2D eigenvalue weighted by molar-refractivity contribution is -0.158. The quantitative estimate of drug-likeness (QED) is 0.758. The van der Waals surface area contributed by atoms with Crippen LogP contribution in [0.3, 0.4) is 0 Å². The number of carbonyl (C=O) groups is 1. The average Bonchev–Trinajstić information content (AvgIpc) is 2.37. The van der Waals surface area contributed by atoms with E-state index in [-0.39, 0.29) is 6.61 Å². The van der Waals surface area contributed by atoms with Crippen LogP contribution in [0.25, 0.3) is 0 Å². The first kappa shape index (κ1) is 13.7. The second kappa shape index (κ2) is 6.37. The van der Waals surface area contributed by atoms with Crippen LogP contribution in [-0.4, -0.2) is 28.9 Å². The van der Waals surface area contributed by atoms with E-state index in [0.717, 1.165) is 0 Å². The fourth-order valence-corrected chi connectivity index (χ4v) is 1.57. The number of benzene rings is 1.